The summed E-state index contributed by atoms with van der Waals surface area (Å²) in [5.41, 5.74) is 6.87. The second kappa shape index (κ2) is 8.24. The molecule has 0 saturated heterocycles. The Balaban J connectivity index is 2.89. The zero-order chi connectivity index (χ0) is 16.0. The van der Waals surface area contributed by atoms with Crippen LogP contribution in [0.4, 0.5) is 0 Å². The van der Waals surface area contributed by atoms with Crippen LogP contribution in [0.3, 0.4) is 0 Å². The highest BCUT2D eigenvalue weighted by Crippen LogP contribution is 2.36. The second-order valence-corrected chi connectivity index (χ2v) is 5.84. The molecule has 0 bridgehead atoms. The molecular formula is C15H23BrN2O3. The number of hydrogen-bond donors (Lipinski definition) is 1. The van der Waals surface area contributed by atoms with Crippen LogP contribution in [-0.4, -0.2) is 44.2 Å². The van der Waals surface area contributed by atoms with Gasteiger partial charge in [0.1, 0.15) is 0 Å². The summed E-state index contributed by atoms with van der Waals surface area (Å²) in [5, 5.41) is 0. The molecule has 0 radical (unpaired) electrons. The summed E-state index contributed by atoms with van der Waals surface area (Å²) in [4.78, 5) is 13.4. The van der Waals surface area contributed by atoms with Gasteiger partial charge < -0.3 is 20.1 Å². The first-order valence-corrected chi connectivity index (χ1v) is 7.67. The van der Waals surface area contributed by atoms with E-state index in [1.807, 2.05) is 26.0 Å². The van der Waals surface area contributed by atoms with Crippen LogP contribution in [0.5, 0.6) is 11.5 Å². The maximum atomic E-state index is 11.8. The van der Waals surface area contributed by atoms with Gasteiger partial charge >= 0.3 is 0 Å². The number of carbonyl (C=O) groups is 1. The maximum Gasteiger partial charge on any atom is 0.260 e. The van der Waals surface area contributed by atoms with E-state index >= 15 is 0 Å². The lowest BCUT2D eigenvalue weighted by atomic mass is 10.1. The molecule has 1 aromatic rings. The first-order chi connectivity index (χ1) is 9.88. The van der Waals surface area contributed by atoms with Crippen LogP contribution in [0.2, 0.25) is 0 Å². The average Bonchev–Trinajstić information content (AvgIpc) is 2.43. The number of halogens is 1. The van der Waals surface area contributed by atoms with Gasteiger partial charge in [0.05, 0.1) is 11.6 Å². The molecule has 118 valence electrons. The number of nitrogens with two attached hydrogens (primary N) is 1. The summed E-state index contributed by atoms with van der Waals surface area (Å²) < 4.78 is 11.7. The normalized spacial score (nSPS) is 11.9. The summed E-state index contributed by atoms with van der Waals surface area (Å²) in [6.45, 7) is 4.49. The van der Waals surface area contributed by atoms with Crippen LogP contribution < -0.4 is 15.2 Å². The van der Waals surface area contributed by atoms with Crippen molar-refractivity contribution in [1.29, 1.82) is 0 Å². The van der Waals surface area contributed by atoms with Crippen molar-refractivity contribution in [3.8, 4) is 11.5 Å². The highest BCUT2D eigenvalue weighted by Gasteiger charge is 2.15. The number of benzene rings is 1. The highest BCUT2D eigenvalue weighted by molar-refractivity contribution is 9.10. The van der Waals surface area contributed by atoms with E-state index in [9.17, 15) is 4.79 Å². The number of likely N-dealkylation sites (N-methyl/N-ethyl adjacent to an activating group) is 1. The molecule has 1 atom stereocenters. The average molecular weight is 359 g/mol. The minimum absolute atomic E-state index is 0.0219. The van der Waals surface area contributed by atoms with Gasteiger partial charge in [0, 0.05) is 19.6 Å². The molecule has 0 aromatic heterocycles. The van der Waals surface area contributed by atoms with Gasteiger partial charge in [-0.25, -0.2) is 0 Å². The molecule has 6 heteroatoms. The number of ether oxygens (including phenoxy) is 2. The Morgan fingerprint density at radius 2 is 2.14 bits per heavy atom. The highest BCUT2D eigenvalue weighted by atomic mass is 79.9. The fourth-order valence-electron chi connectivity index (χ4n) is 1.82. The fraction of sp³-hybridized carbons (Fsp3) is 0.533. The van der Waals surface area contributed by atoms with Crippen LogP contribution >= 0.6 is 15.9 Å². The van der Waals surface area contributed by atoms with Crippen LogP contribution in [0.1, 0.15) is 19.4 Å². The van der Waals surface area contributed by atoms with E-state index in [1.165, 1.54) is 0 Å². The van der Waals surface area contributed by atoms with Gasteiger partial charge in [-0.05, 0) is 53.9 Å². The summed E-state index contributed by atoms with van der Waals surface area (Å²) in [5.74, 6) is 1.04. The Morgan fingerprint density at radius 3 is 2.67 bits per heavy atom. The topological polar surface area (TPSA) is 64.8 Å². The second-order valence-electron chi connectivity index (χ2n) is 4.99. The van der Waals surface area contributed by atoms with E-state index in [4.69, 9.17) is 15.2 Å². The molecule has 0 aliphatic heterocycles. The quantitative estimate of drug-likeness (QED) is 0.811. The molecule has 0 fully saturated rings. The van der Waals surface area contributed by atoms with E-state index in [1.54, 1.807) is 19.1 Å². The Labute approximate surface area is 134 Å². The Kier molecular flexibility index (Phi) is 6.98. The zero-order valence-electron chi connectivity index (χ0n) is 13.0. The smallest absolute Gasteiger partial charge is 0.260 e. The minimum atomic E-state index is -0.0777. The SMILES string of the molecule is CCN(C)C(=O)COc1c(Br)cc(CC(C)N)cc1OC. The Bertz CT molecular complexity index is 492. The molecule has 0 saturated carbocycles. The largest absolute Gasteiger partial charge is 0.493 e. The van der Waals surface area contributed by atoms with Gasteiger partial charge in [-0.3, -0.25) is 4.79 Å². The van der Waals surface area contributed by atoms with E-state index in [0.717, 1.165) is 16.5 Å². The molecule has 0 aliphatic carbocycles. The molecular weight excluding hydrogens is 336 g/mol. The van der Waals surface area contributed by atoms with E-state index in [0.29, 0.717) is 18.0 Å². The van der Waals surface area contributed by atoms with Crippen LogP contribution in [0.15, 0.2) is 16.6 Å². The molecule has 1 unspecified atom stereocenters. The molecule has 5 nitrogen and oxygen atoms in total. The number of carbonyl (C=O) groups excluding carboxylic acids is 1. The van der Waals surface area contributed by atoms with Crippen LogP contribution in [0, 0.1) is 0 Å². The molecule has 21 heavy (non-hydrogen) atoms. The van der Waals surface area contributed by atoms with Gasteiger partial charge in [0.2, 0.25) is 0 Å². The number of nitrogens with zero attached hydrogens (tertiary/aromatic N) is 1. The zero-order valence-corrected chi connectivity index (χ0v) is 14.6. The van der Waals surface area contributed by atoms with E-state index in [-0.39, 0.29) is 18.6 Å². The summed E-state index contributed by atoms with van der Waals surface area (Å²) in [6, 6.07) is 3.89. The third-order valence-electron chi connectivity index (χ3n) is 3.09. The number of amides is 1. The van der Waals surface area contributed by atoms with Gasteiger partial charge in [-0.15, -0.1) is 0 Å². The van der Waals surface area contributed by atoms with Crippen molar-refractivity contribution >= 4 is 21.8 Å². The first kappa shape index (κ1) is 17.8. The third-order valence-corrected chi connectivity index (χ3v) is 3.68. The minimum Gasteiger partial charge on any atom is -0.493 e. The standard InChI is InChI=1S/C15H23BrN2O3/c1-5-18(3)14(19)9-21-15-12(16)7-11(6-10(2)17)8-13(15)20-4/h7-8,10H,5-6,9,17H2,1-4H3. The van der Waals surface area contributed by atoms with Gasteiger partial charge in [-0.1, -0.05) is 0 Å². The molecule has 1 amide bonds. The monoisotopic (exact) mass is 358 g/mol. The van der Waals surface area contributed by atoms with Crippen molar-refractivity contribution < 1.29 is 14.3 Å². The first-order valence-electron chi connectivity index (χ1n) is 6.87. The van der Waals surface area contributed by atoms with Gasteiger partial charge in [-0.2, -0.15) is 0 Å². The van der Waals surface area contributed by atoms with Gasteiger partial charge in [0.25, 0.3) is 5.91 Å². The lowest BCUT2D eigenvalue weighted by molar-refractivity contribution is -0.131. The molecule has 0 spiro atoms. The fourth-order valence-corrected chi connectivity index (χ4v) is 2.43. The summed E-state index contributed by atoms with van der Waals surface area (Å²) in [6.07, 6.45) is 0.743. The summed E-state index contributed by atoms with van der Waals surface area (Å²) >= 11 is 3.46. The predicted molar refractivity (Wildman–Crippen MR) is 86.9 cm³/mol. The molecule has 1 rings (SSSR count). The number of hydrogen-bond acceptors (Lipinski definition) is 4. The number of methoxy groups -OCH3 is 1. The van der Waals surface area contributed by atoms with Crippen molar-refractivity contribution in [1.82, 2.24) is 4.90 Å². The van der Waals surface area contributed by atoms with Gasteiger partial charge in [0.15, 0.2) is 18.1 Å². The van der Waals surface area contributed by atoms with Crippen molar-refractivity contribution in [3.05, 3.63) is 22.2 Å². The summed E-state index contributed by atoms with van der Waals surface area (Å²) in [7, 11) is 3.31. The third kappa shape index (κ3) is 5.21. The lowest BCUT2D eigenvalue weighted by Crippen LogP contribution is -2.31. The molecule has 0 aliphatic rings. The van der Waals surface area contributed by atoms with E-state index in [2.05, 4.69) is 15.9 Å². The van der Waals surface area contributed by atoms with Crippen LogP contribution in [-0.2, 0) is 11.2 Å². The van der Waals surface area contributed by atoms with Crippen LogP contribution in [0.25, 0.3) is 0 Å². The molecule has 2 N–H and O–H groups in total. The van der Waals surface area contributed by atoms with Crippen molar-refractivity contribution in [3.63, 3.8) is 0 Å². The van der Waals surface area contributed by atoms with Crippen molar-refractivity contribution in [2.75, 3.05) is 27.3 Å². The van der Waals surface area contributed by atoms with E-state index < -0.39 is 0 Å². The Morgan fingerprint density at radius 1 is 1.48 bits per heavy atom. The lowest BCUT2D eigenvalue weighted by Gasteiger charge is -2.18. The number of rotatable bonds is 7. The van der Waals surface area contributed by atoms with Crippen molar-refractivity contribution in [2.24, 2.45) is 5.73 Å². The maximum absolute atomic E-state index is 11.8. The predicted octanol–water partition coefficient (Wildman–Crippen LogP) is 2.20. The molecule has 0 heterocycles. The Hall–Kier alpha value is -1.27. The van der Waals surface area contributed by atoms with Crippen molar-refractivity contribution in [2.45, 2.75) is 26.3 Å². The molecule has 1 aromatic carbocycles.